The molecule has 0 saturated carbocycles. The topological polar surface area (TPSA) is 110 Å². The molecular weight excluding hydrogens is 392 g/mol. The molecule has 29 heavy (non-hydrogen) atoms. The summed E-state index contributed by atoms with van der Waals surface area (Å²) >= 11 is 1.34. The average molecular weight is 410 g/mol. The monoisotopic (exact) mass is 410 g/mol. The first-order valence-electron chi connectivity index (χ1n) is 8.85. The highest BCUT2D eigenvalue weighted by atomic mass is 32.1. The van der Waals surface area contributed by atoms with Gasteiger partial charge in [-0.05, 0) is 44.2 Å². The minimum Gasteiger partial charge on any atom is -0.330 e. The summed E-state index contributed by atoms with van der Waals surface area (Å²) in [5, 5.41) is 10.4. The molecule has 0 radical (unpaired) electrons. The minimum absolute atomic E-state index is 0.0329. The van der Waals surface area contributed by atoms with Gasteiger partial charge in [-0.2, -0.15) is 9.61 Å². The van der Waals surface area contributed by atoms with Gasteiger partial charge in [0, 0.05) is 24.0 Å². The summed E-state index contributed by atoms with van der Waals surface area (Å²) in [6.07, 6.45) is 0. The molecule has 1 aromatic carbocycles. The molecule has 2 amide bonds. The first kappa shape index (κ1) is 18.8. The molecule has 2 N–H and O–H groups in total. The number of fused-ring (bicyclic) bond motifs is 2. The summed E-state index contributed by atoms with van der Waals surface area (Å²) in [5.74, 6) is -0.446. The minimum atomic E-state index is -0.296. The summed E-state index contributed by atoms with van der Waals surface area (Å²) < 4.78 is 2.92. The fourth-order valence-corrected chi connectivity index (χ4v) is 3.88. The van der Waals surface area contributed by atoms with Gasteiger partial charge < -0.3 is 15.2 Å². The van der Waals surface area contributed by atoms with Crippen molar-refractivity contribution in [1.29, 1.82) is 0 Å². The molecule has 0 aliphatic carbocycles. The second-order valence-electron chi connectivity index (χ2n) is 6.64. The molecule has 0 aliphatic rings. The highest BCUT2D eigenvalue weighted by molar-refractivity contribution is 7.16. The number of nitrogens with one attached hydrogen (secondary N) is 2. The number of hydrogen-bond acceptors (Lipinski definition) is 6. The lowest BCUT2D eigenvalue weighted by atomic mass is 10.2. The van der Waals surface area contributed by atoms with Gasteiger partial charge in [-0.25, -0.2) is 4.98 Å². The van der Waals surface area contributed by atoms with E-state index in [9.17, 15) is 14.4 Å². The van der Waals surface area contributed by atoms with Gasteiger partial charge in [-0.1, -0.05) is 11.3 Å². The van der Waals surface area contributed by atoms with Gasteiger partial charge in [0.15, 0.2) is 0 Å². The number of carbonyl (C=O) groups excluding carboxylic acids is 2. The van der Waals surface area contributed by atoms with Crippen LogP contribution in [0.3, 0.4) is 0 Å². The van der Waals surface area contributed by atoms with Crippen LogP contribution in [0.15, 0.2) is 35.1 Å². The fraction of sp³-hybridized carbons (Fsp3) is 0.211. The van der Waals surface area contributed by atoms with Gasteiger partial charge >= 0.3 is 0 Å². The maximum atomic E-state index is 12.9. The van der Waals surface area contributed by atoms with Crippen molar-refractivity contribution >= 4 is 50.5 Å². The van der Waals surface area contributed by atoms with E-state index in [-0.39, 0.29) is 23.9 Å². The Morgan fingerprint density at radius 1 is 1.10 bits per heavy atom. The zero-order valence-corrected chi connectivity index (χ0v) is 16.8. The highest BCUT2D eigenvalue weighted by Gasteiger charge is 2.17. The van der Waals surface area contributed by atoms with Crippen LogP contribution in [0, 0.1) is 13.8 Å². The molecule has 0 atom stereocenters. The van der Waals surface area contributed by atoms with Crippen LogP contribution in [-0.4, -0.2) is 31.0 Å². The molecule has 0 fully saturated rings. The molecule has 0 aliphatic heterocycles. The van der Waals surface area contributed by atoms with Crippen LogP contribution in [-0.2, 0) is 16.1 Å². The highest BCUT2D eigenvalue weighted by Crippen LogP contribution is 2.19. The zero-order chi connectivity index (χ0) is 20.7. The van der Waals surface area contributed by atoms with E-state index in [0.29, 0.717) is 27.4 Å². The molecule has 9 nitrogen and oxygen atoms in total. The van der Waals surface area contributed by atoms with Crippen LogP contribution < -0.4 is 16.2 Å². The van der Waals surface area contributed by atoms with Crippen molar-refractivity contribution in [2.45, 2.75) is 27.3 Å². The van der Waals surface area contributed by atoms with Crippen molar-refractivity contribution in [3.05, 3.63) is 51.4 Å². The predicted molar refractivity (Wildman–Crippen MR) is 111 cm³/mol. The van der Waals surface area contributed by atoms with E-state index < -0.39 is 0 Å². The van der Waals surface area contributed by atoms with Gasteiger partial charge in [0.1, 0.15) is 17.1 Å². The molecule has 3 aromatic heterocycles. The molecule has 0 saturated heterocycles. The number of amides is 2. The van der Waals surface area contributed by atoms with E-state index in [4.69, 9.17) is 0 Å². The van der Waals surface area contributed by atoms with Gasteiger partial charge in [-0.15, -0.1) is 0 Å². The molecule has 148 valence electrons. The van der Waals surface area contributed by atoms with E-state index in [2.05, 4.69) is 20.7 Å². The van der Waals surface area contributed by atoms with Crippen molar-refractivity contribution in [3.8, 4) is 0 Å². The van der Waals surface area contributed by atoms with Crippen LogP contribution in [0.25, 0.3) is 16.0 Å². The SMILES string of the molecule is CC(=O)Nc1ccc(NC(=O)Cn2c(C)cc3nc4sc(C)nn4c(=O)c32)cc1. The quantitative estimate of drug-likeness (QED) is 0.536. The molecule has 0 bridgehead atoms. The number of carbonyl (C=O) groups is 2. The van der Waals surface area contributed by atoms with Crippen molar-refractivity contribution in [1.82, 2.24) is 19.2 Å². The molecular formula is C19H18N6O3S. The maximum Gasteiger partial charge on any atom is 0.299 e. The van der Waals surface area contributed by atoms with Crippen LogP contribution in [0.5, 0.6) is 0 Å². The lowest BCUT2D eigenvalue weighted by Gasteiger charge is -2.10. The molecule has 0 spiro atoms. The van der Waals surface area contributed by atoms with E-state index >= 15 is 0 Å². The van der Waals surface area contributed by atoms with E-state index in [1.807, 2.05) is 13.8 Å². The molecule has 10 heteroatoms. The van der Waals surface area contributed by atoms with Crippen LogP contribution in [0.2, 0.25) is 0 Å². The van der Waals surface area contributed by atoms with E-state index in [1.54, 1.807) is 34.9 Å². The van der Waals surface area contributed by atoms with Gasteiger partial charge in [-0.3, -0.25) is 14.4 Å². The number of nitrogens with zero attached hydrogens (tertiary/aromatic N) is 4. The van der Waals surface area contributed by atoms with Gasteiger partial charge in [0.25, 0.3) is 5.56 Å². The lowest BCUT2D eigenvalue weighted by molar-refractivity contribution is -0.117. The molecule has 3 heterocycles. The number of aryl methyl sites for hydroxylation is 2. The zero-order valence-electron chi connectivity index (χ0n) is 16.0. The van der Waals surface area contributed by atoms with Gasteiger partial charge in [0.05, 0.1) is 5.52 Å². The van der Waals surface area contributed by atoms with E-state index in [1.165, 1.54) is 22.8 Å². The van der Waals surface area contributed by atoms with Crippen LogP contribution >= 0.6 is 11.3 Å². The third-order valence-corrected chi connectivity index (χ3v) is 5.17. The van der Waals surface area contributed by atoms with Crippen molar-refractivity contribution in [2.75, 3.05) is 10.6 Å². The average Bonchev–Trinajstić information content (AvgIpc) is 3.16. The van der Waals surface area contributed by atoms with Crippen molar-refractivity contribution < 1.29 is 9.59 Å². The summed E-state index contributed by atoms with van der Waals surface area (Å²) in [4.78, 5) is 41.6. The largest absolute Gasteiger partial charge is 0.330 e. The van der Waals surface area contributed by atoms with Crippen molar-refractivity contribution in [3.63, 3.8) is 0 Å². The Labute approximate surface area is 169 Å². The smallest absolute Gasteiger partial charge is 0.299 e. The lowest BCUT2D eigenvalue weighted by Crippen LogP contribution is -2.23. The Balaban J connectivity index is 1.61. The Bertz CT molecular complexity index is 1320. The number of anilines is 2. The predicted octanol–water partition coefficient (Wildman–Crippen LogP) is 2.32. The number of benzene rings is 1. The van der Waals surface area contributed by atoms with Crippen molar-refractivity contribution in [2.24, 2.45) is 0 Å². The summed E-state index contributed by atoms with van der Waals surface area (Å²) in [6, 6.07) is 8.58. The maximum absolute atomic E-state index is 12.9. The summed E-state index contributed by atoms with van der Waals surface area (Å²) in [5.41, 5.74) is 2.59. The van der Waals surface area contributed by atoms with Gasteiger partial charge in [0.2, 0.25) is 16.8 Å². The molecule has 4 rings (SSSR count). The third kappa shape index (κ3) is 3.61. The van der Waals surface area contributed by atoms with Crippen LogP contribution in [0.4, 0.5) is 11.4 Å². The Kier molecular flexibility index (Phi) is 4.63. The molecule has 4 aromatic rings. The Morgan fingerprint density at radius 2 is 1.76 bits per heavy atom. The van der Waals surface area contributed by atoms with Crippen LogP contribution in [0.1, 0.15) is 17.6 Å². The number of aromatic nitrogens is 4. The first-order chi connectivity index (χ1) is 13.8. The standard InChI is InChI=1S/C19H18N6O3S/c1-10-8-15-17(18(28)25-19(22-15)29-12(3)23-25)24(10)9-16(27)21-14-6-4-13(5-7-14)20-11(2)26/h4-8H,9H2,1-3H3,(H,20,26)(H,21,27). The second kappa shape index (κ2) is 7.13. The van der Waals surface area contributed by atoms with E-state index in [0.717, 1.165) is 10.7 Å². The third-order valence-electron chi connectivity index (χ3n) is 4.35. The summed E-state index contributed by atoms with van der Waals surface area (Å²) in [7, 11) is 0. The first-order valence-corrected chi connectivity index (χ1v) is 9.67. The Hall–Kier alpha value is -3.53. The second-order valence-corrected chi connectivity index (χ2v) is 7.80. The number of hydrogen-bond donors (Lipinski definition) is 2. The fourth-order valence-electron chi connectivity index (χ4n) is 3.14. The molecule has 0 unspecified atom stereocenters. The number of rotatable bonds is 4. The summed E-state index contributed by atoms with van der Waals surface area (Å²) in [6.45, 7) is 5.04. The normalized spacial score (nSPS) is 11.1. The Morgan fingerprint density at radius 3 is 2.41 bits per heavy atom.